The first-order valence-electron chi connectivity index (χ1n) is 14.6. The van der Waals surface area contributed by atoms with Crippen LogP contribution in [0.1, 0.15) is 75.3 Å². The number of hydrogen-bond donors (Lipinski definition) is 2. The molecule has 4 heteroatoms. The highest BCUT2D eigenvalue weighted by Gasteiger charge is 2.44. The minimum absolute atomic E-state index is 0.0611. The molecule has 0 aromatic heterocycles. The molecule has 1 aliphatic heterocycles. The van der Waals surface area contributed by atoms with E-state index in [0.717, 1.165) is 36.3 Å². The molecule has 196 valence electrons. The summed E-state index contributed by atoms with van der Waals surface area (Å²) >= 11 is 0. The monoisotopic (exact) mass is 498 g/mol. The van der Waals surface area contributed by atoms with E-state index in [1.165, 1.54) is 62.5 Å². The van der Waals surface area contributed by atoms with E-state index in [-0.39, 0.29) is 23.9 Å². The smallest absolute Gasteiger partial charge is 0.224 e. The average molecular weight is 499 g/mol. The molecule has 0 radical (unpaired) electrons. The van der Waals surface area contributed by atoms with Gasteiger partial charge in [-0.3, -0.25) is 14.9 Å². The van der Waals surface area contributed by atoms with E-state index in [1.54, 1.807) is 0 Å². The summed E-state index contributed by atoms with van der Waals surface area (Å²) in [6, 6.07) is 8.69. The Morgan fingerprint density at radius 1 is 0.865 bits per heavy atom. The van der Waals surface area contributed by atoms with E-state index < -0.39 is 0 Å². The van der Waals surface area contributed by atoms with Crippen molar-refractivity contribution in [3.8, 4) is 0 Å². The van der Waals surface area contributed by atoms with E-state index in [4.69, 9.17) is 0 Å². The lowest BCUT2D eigenvalue weighted by molar-refractivity contribution is -0.121. The van der Waals surface area contributed by atoms with E-state index >= 15 is 0 Å². The highest BCUT2D eigenvalue weighted by Crippen LogP contribution is 2.36. The van der Waals surface area contributed by atoms with Crippen molar-refractivity contribution < 1.29 is 9.59 Å². The van der Waals surface area contributed by atoms with Crippen LogP contribution in [0.5, 0.6) is 0 Å². The first kappa shape index (κ1) is 25.9. The molecule has 0 spiro atoms. The zero-order chi connectivity index (χ0) is 25.5. The second kappa shape index (κ2) is 12.7. The van der Waals surface area contributed by atoms with Gasteiger partial charge in [-0.2, -0.15) is 0 Å². The summed E-state index contributed by atoms with van der Waals surface area (Å²) < 4.78 is 0. The lowest BCUT2D eigenvalue weighted by atomic mass is 9.80. The van der Waals surface area contributed by atoms with Crippen molar-refractivity contribution in [2.75, 3.05) is 6.54 Å². The number of fused-ring (bicyclic) bond motifs is 4. The maximum atomic E-state index is 13.1. The summed E-state index contributed by atoms with van der Waals surface area (Å²) in [5, 5.41) is 6.65. The van der Waals surface area contributed by atoms with E-state index in [0.29, 0.717) is 18.7 Å². The Labute approximate surface area is 222 Å². The van der Waals surface area contributed by atoms with Crippen LogP contribution in [0.2, 0.25) is 0 Å². The number of Topliss-reactive ketones (excluding diaryl/α,β-unsaturated/α-hetero) is 1. The molecule has 1 aromatic carbocycles. The molecule has 3 atom stereocenters. The van der Waals surface area contributed by atoms with Crippen LogP contribution in [0.25, 0.3) is 0 Å². The number of carbonyl (C=O) groups is 2. The number of amides is 1. The highest BCUT2D eigenvalue weighted by atomic mass is 16.1. The topological polar surface area (TPSA) is 58.2 Å². The number of ketones is 1. The molecule has 2 bridgehead atoms. The fourth-order valence-corrected chi connectivity index (χ4v) is 6.52. The molecular weight excluding hydrogens is 456 g/mol. The van der Waals surface area contributed by atoms with Crippen LogP contribution < -0.4 is 10.6 Å². The molecule has 1 saturated heterocycles. The average Bonchev–Trinajstić information content (AvgIpc) is 3.18. The van der Waals surface area contributed by atoms with Crippen molar-refractivity contribution in [2.24, 2.45) is 11.8 Å². The van der Waals surface area contributed by atoms with Crippen LogP contribution in [0.4, 0.5) is 0 Å². The Morgan fingerprint density at radius 2 is 1.54 bits per heavy atom. The Bertz CT molecular complexity index is 1070. The first-order chi connectivity index (χ1) is 18.2. The van der Waals surface area contributed by atoms with Gasteiger partial charge in [0.05, 0.1) is 18.4 Å². The minimum atomic E-state index is -0.101. The van der Waals surface area contributed by atoms with Crippen LogP contribution >= 0.6 is 0 Å². The summed E-state index contributed by atoms with van der Waals surface area (Å²) in [5.41, 5.74) is 4.78. The van der Waals surface area contributed by atoms with Gasteiger partial charge >= 0.3 is 0 Å². The van der Waals surface area contributed by atoms with Crippen LogP contribution in [-0.2, 0) is 22.4 Å². The summed E-state index contributed by atoms with van der Waals surface area (Å²) in [7, 11) is 0. The minimum Gasteiger partial charge on any atom is -0.356 e. The third kappa shape index (κ3) is 6.78. The second-order valence-corrected chi connectivity index (χ2v) is 11.4. The third-order valence-electron chi connectivity index (χ3n) is 8.62. The van der Waals surface area contributed by atoms with E-state index in [9.17, 15) is 9.59 Å². The van der Waals surface area contributed by atoms with E-state index in [1.807, 2.05) is 12.2 Å². The van der Waals surface area contributed by atoms with Gasteiger partial charge in [0, 0.05) is 12.6 Å². The first-order valence-corrected chi connectivity index (χ1v) is 14.6. The zero-order valence-corrected chi connectivity index (χ0v) is 22.1. The molecule has 2 fully saturated rings. The van der Waals surface area contributed by atoms with Crippen molar-refractivity contribution >= 4 is 11.7 Å². The number of unbranched alkanes of at least 4 members (excludes halogenated alkanes) is 1. The van der Waals surface area contributed by atoms with Gasteiger partial charge in [-0.1, -0.05) is 106 Å². The Hall–Kier alpha value is -2.72. The fraction of sp³-hybridized carbons (Fsp3) is 0.515. The van der Waals surface area contributed by atoms with Gasteiger partial charge in [-0.25, -0.2) is 0 Å². The maximum Gasteiger partial charge on any atom is 0.224 e. The quantitative estimate of drug-likeness (QED) is 0.415. The molecule has 1 amide bonds. The van der Waals surface area contributed by atoms with Gasteiger partial charge in [0.25, 0.3) is 0 Å². The number of carbonyl (C=O) groups excluding carboxylic acids is 2. The van der Waals surface area contributed by atoms with Crippen molar-refractivity contribution in [1.29, 1.82) is 0 Å². The van der Waals surface area contributed by atoms with Crippen molar-refractivity contribution in [1.82, 2.24) is 10.6 Å². The summed E-state index contributed by atoms with van der Waals surface area (Å²) in [4.78, 5) is 25.5. The van der Waals surface area contributed by atoms with Gasteiger partial charge in [0.15, 0.2) is 5.78 Å². The second-order valence-electron chi connectivity index (χ2n) is 11.4. The molecule has 5 rings (SSSR count). The fourth-order valence-electron chi connectivity index (χ4n) is 6.52. The highest BCUT2D eigenvalue weighted by molar-refractivity contribution is 5.93. The Morgan fingerprint density at radius 3 is 2.32 bits per heavy atom. The molecule has 1 aromatic rings. The molecule has 37 heavy (non-hydrogen) atoms. The summed E-state index contributed by atoms with van der Waals surface area (Å²) in [5.74, 6) is 1.15. The van der Waals surface area contributed by atoms with Crippen molar-refractivity contribution in [3.63, 3.8) is 0 Å². The van der Waals surface area contributed by atoms with Crippen LogP contribution in [0.3, 0.4) is 0 Å². The third-order valence-corrected chi connectivity index (χ3v) is 8.62. The molecular formula is C33H42N2O2. The number of hydrogen-bond acceptors (Lipinski definition) is 3. The van der Waals surface area contributed by atoms with Gasteiger partial charge in [0.2, 0.25) is 5.91 Å². The Balaban J connectivity index is 0.996. The largest absolute Gasteiger partial charge is 0.356 e. The van der Waals surface area contributed by atoms with Gasteiger partial charge in [-0.15, -0.1) is 0 Å². The number of benzene rings is 1. The maximum absolute atomic E-state index is 13.1. The predicted molar refractivity (Wildman–Crippen MR) is 150 cm³/mol. The molecule has 4 aliphatic rings. The molecule has 1 saturated carbocycles. The molecule has 2 N–H and O–H groups in total. The van der Waals surface area contributed by atoms with Crippen LogP contribution in [-0.4, -0.2) is 30.3 Å². The molecule has 1 heterocycles. The summed E-state index contributed by atoms with van der Waals surface area (Å²) in [6.45, 7) is 0.661. The van der Waals surface area contributed by atoms with Crippen LogP contribution in [0.15, 0.2) is 71.9 Å². The lowest BCUT2D eigenvalue weighted by Crippen LogP contribution is -2.34. The summed E-state index contributed by atoms with van der Waals surface area (Å²) in [6.07, 6.45) is 26.4. The Kier molecular flexibility index (Phi) is 8.88. The van der Waals surface area contributed by atoms with Gasteiger partial charge < -0.3 is 5.32 Å². The number of allylic oxidation sites excluding steroid dienone is 5. The number of rotatable bonds is 9. The number of nitrogens with one attached hydrogen (secondary N) is 2. The van der Waals surface area contributed by atoms with Gasteiger partial charge in [0.1, 0.15) is 0 Å². The van der Waals surface area contributed by atoms with Crippen molar-refractivity contribution in [2.45, 2.75) is 89.1 Å². The van der Waals surface area contributed by atoms with Crippen LogP contribution in [0, 0.1) is 11.8 Å². The molecule has 3 unspecified atom stereocenters. The van der Waals surface area contributed by atoms with E-state index in [2.05, 4.69) is 59.2 Å². The predicted octanol–water partition coefficient (Wildman–Crippen LogP) is 5.94. The standard InChI is InChI=1S/C33H42N2O2/c36-30(23-26-17-15-25(16-18-26)22-24-10-4-2-1-3-5-11-24)34-21-9-8-14-29-33(37)31-27-12-6-7-13-28(20-19-27)32(31)35-29/h6-7,12-13,15-20,24,29,31-32,35H,1-5,8-11,14,21-23H2,(H,34,36)/b7-6?,12-6-,13-7?,27-12?,28-13?. The zero-order valence-electron chi connectivity index (χ0n) is 22.1. The molecule has 3 aliphatic carbocycles. The SMILES string of the molecule is O=C(Cc1ccc(CC2CCCCCCC2)cc1)NCCCCC1NC2C3=CC=C(/C=C\C=C3)C2C1=O. The van der Waals surface area contributed by atoms with Crippen molar-refractivity contribution in [3.05, 3.63) is 83.0 Å². The lowest BCUT2D eigenvalue weighted by Gasteiger charge is -2.25. The van der Waals surface area contributed by atoms with Gasteiger partial charge in [-0.05, 0) is 53.9 Å². The molecule has 4 nitrogen and oxygen atoms in total. The normalized spacial score (nSPS) is 26.4.